The quantitative estimate of drug-likeness (QED) is 0.414. The SMILES string of the molecule is O=C(Nc1ccc(Oc2cccc(Br)c2)nc1)c1ccc(Cl)cc1[N+](=O)[O-]. The lowest BCUT2D eigenvalue weighted by Gasteiger charge is -2.08. The highest BCUT2D eigenvalue weighted by molar-refractivity contribution is 9.10. The summed E-state index contributed by atoms with van der Waals surface area (Å²) in [5.41, 5.74) is -0.104. The van der Waals surface area contributed by atoms with Crippen LogP contribution in [-0.4, -0.2) is 15.8 Å². The molecule has 0 atom stereocenters. The lowest BCUT2D eigenvalue weighted by atomic mass is 10.1. The van der Waals surface area contributed by atoms with Gasteiger partial charge in [-0.05, 0) is 36.4 Å². The van der Waals surface area contributed by atoms with Gasteiger partial charge in [-0.15, -0.1) is 0 Å². The van der Waals surface area contributed by atoms with E-state index in [9.17, 15) is 14.9 Å². The number of hydrogen-bond acceptors (Lipinski definition) is 5. The molecule has 0 saturated carbocycles. The maximum atomic E-state index is 12.3. The van der Waals surface area contributed by atoms with Crippen molar-refractivity contribution in [3.8, 4) is 11.6 Å². The van der Waals surface area contributed by atoms with Crippen molar-refractivity contribution in [1.82, 2.24) is 4.98 Å². The topological polar surface area (TPSA) is 94.4 Å². The van der Waals surface area contributed by atoms with Gasteiger partial charge in [-0.2, -0.15) is 0 Å². The van der Waals surface area contributed by atoms with E-state index in [-0.39, 0.29) is 16.3 Å². The smallest absolute Gasteiger partial charge is 0.283 e. The maximum absolute atomic E-state index is 12.3. The molecule has 7 nitrogen and oxygen atoms in total. The molecule has 136 valence electrons. The van der Waals surface area contributed by atoms with E-state index in [1.54, 1.807) is 24.3 Å². The summed E-state index contributed by atoms with van der Waals surface area (Å²) in [5.74, 6) is 0.301. The average molecular weight is 449 g/mol. The van der Waals surface area contributed by atoms with Gasteiger partial charge in [-0.3, -0.25) is 14.9 Å². The van der Waals surface area contributed by atoms with Gasteiger partial charge in [0.15, 0.2) is 0 Å². The molecule has 1 N–H and O–H groups in total. The van der Waals surface area contributed by atoms with E-state index in [2.05, 4.69) is 26.2 Å². The van der Waals surface area contributed by atoms with Gasteiger partial charge < -0.3 is 10.1 Å². The van der Waals surface area contributed by atoms with Crippen molar-refractivity contribution in [1.29, 1.82) is 0 Å². The third-order valence-electron chi connectivity index (χ3n) is 3.41. The number of carbonyl (C=O) groups is 1. The van der Waals surface area contributed by atoms with E-state index < -0.39 is 10.8 Å². The van der Waals surface area contributed by atoms with Crippen molar-refractivity contribution in [3.05, 3.63) is 86.0 Å². The molecule has 0 bridgehead atoms. The maximum Gasteiger partial charge on any atom is 0.283 e. The Morgan fingerprint density at radius 1 is 1.19 bits per heavy atom. The molecular formula is C18H11BrClN3O4. The Hall–Kier alpha value is -2.97. The number of hydrogen-bond donors (Lipinski definition) is 1. The highest BCUT2D eigenvalue weighted by Crippen LogP contribution is 2.26. The van der Waals surface area contributed by atoms with Gasteiger partial charge in [-0.25, -0.2) is 4.98 Å². The molecule has 1 amide bonds. The van der Waals surface area contributed by atoms with E-state index in [0.29, 0.717) is 17.3 Å². The van der Waals surface area contributed by atoms with E-state index in [1.165, 1.54) is 18.3 Å². The third-order valence-corrected chi connectivity index (χ3v) is 4.14. The second kappa shape index (κ2) is 8.15. The summed E-state index contributed by atoms with van der Waals surface area (Å²) in [4.78, 5) is 26.9. The van der Waals surface area contributed by atoms with Crippen LogP contribution in [0.4, 0.5) is 11.4 Å². The van der Waals surface area contributed by atoms with E-state index in [4.69, 9.17) is 16.3 Å². The minimum absolute atomic E-state index is 0.0983. The number of nitro groups is 1. The molecule has 0 aliphatic heterocycles. The van der Waals surface area contributed by atoms with Crippen LogP contribution < -0.4 is 10.1 Å². The summed E-state index contributed by atoms with van der Waals surface area (Å²) in [5, 5.41) is 13.8. The number of anilines is 1. The van der Waals surface area contributed by atoms with Gasteiger partial charge >= 0.3 is 0 Å². The standard InChI is InChI=1S/C18H11BrClN3O4/c19-11-2-1-3-14(8-11)27-17-7-5-13(10-21-17)22-18(24)15-6-4-12(20)9-16(15)23(25)26/h1-10H,(H,22,24). The zero-order chi connectivity index (χ0) is 19.4. The van der Waals surface area contributed by atoms with Gasteiger partial charge in [-0.1, -0.05) is 33.6 Å². The molecule has 0 unspecified atom stereocenters. The molecule has 0 saturated heterocycles. The molecule has 3 aromatic rings. The Morgan fingerprint density at radius 3 is 2.67 bits per heavy atom. The number of benzene rings is 2. The Bertz CT molecular complexity index is 1010. The van der Waals surface area contributed by atoms with Crippen LogP contribution in [0.1, 0.15) is 10.4 Å². The Labute approximate surface area is 167 Å². The predicted octanol–water partition coefficient (Wildman–Crippen LogP) is 5.45. The van der Waals surface area contributed by atoms with Gasteiger partial charge in [0.2, 0.25) is 5.88 Å². The van der Waals surface area contributed by atoms with Crippen LogP contribution in [0.2, 0.25) is 5.02 Å². The largest absolute Gasteiger partial charge is 0.439 e. The zero-order valence-corrected chi connectivity index (χ0v) is 15.9. The number of nitrogens with one attached hydrogen (secondary N) is 1. The number of nitrogens with zero attached hydrogens (tertiary/aromatic N) is 2. The summed E-state index contributed by atoms with van der Waals surface area (Å²) in [6.07, 6.45) is 1.40. The van der Waals surface area contributed by atoms with Gasteiger partial charge in [0, 0.05) is 21.6 Å². The van der Waals surface area contributed by atoms with Gasteiger partial charge in [0.05, 0.1) is 16.8 Å². The normalized spacial score (nSPS) is 10.3. The van der Waals surface area contributed by atoms with Crippen molar-refractivity contribution in [2.45, 2.75) is 0 Å². The molecule has 0 fully saturated rings. The second-order valence-electron chi connectivity index (χ2n) is 5.32. The highest BCUT2D eigenvalue weighted by Gasteiger charge is 2.20. The van der Waals surface area contributed by atoms with Crippen molar-refractivity contribution in [2.75, 3.05) is 5.32 Å². The van der Waals surface area contributed by atoms with Crippen LogP contribution >= 0.6 is 27.5 Å². The van der Waals surface area contributed by atoms with Crippen molar-refractivity contribution < 1.29 is 14.5 Å². The summed E-state index contributed by atoms with van der Waals surface area (Å²) in [7, 11) is 0. The summed E-state index contributed by atoms with van der Waals surface area (Å²) < 4.78 is 6.48. The molecule has 1 aromatic heterocycles. The van der Waals surface area contributed by atoms with Crippen LogP contribution in [0.5, 0.6) is 11.6 Å². The molecule has 3 rings (SSSR count). The van der Waals surface area contributed by atoms with Crippen molar-refractivity contribution >= 4 is 44.8 Å². The Morgan fingerprint density at radius 2 is 2.00 bits per heavy atom. The first kappa shape index (κ1) is 18.8. The highest BCUT2D eigenvalue weighted by atomic mass is 79.9. The van der Waals surface area contributed by atoms with Crippen molar-refractivity contribution in [2.24, 2.45) is 0 Å². The Kier molecular flexibility index (Phi) is 5.68. The number of amides is 1. The average Bonchev–Trinajstić information content (AvgIpc) is 2.63. The van der Waals surface area contributed by atoms with Crippen LogP contribution in [0.3, 0.4) is 0 Å². The fraction of sp³-hybridized carbons (Fsp3) is 0. The molecule has 0 radical (unpaired) electrons. The minimum atomic E-state index is -0.659. The van der Waals surface area contributed by atoms with E-state index in [0.717, 1.165) is 10.5 Å². The molecule has 27 heavy (non-hydrogen) atoms. The molecule has 0 aliphatic carbocycles. The first-order chi connectivity index (χ1) is 12.9. The number of nitro benzene ring substituents is 1. The fourth-order valence-corrected chi connectivity index (χ4v) is 2.76. The number of rotatable bonds is 5. The summed E-state index contributed by atoms with van der Waals surface area (Å²) >= 11 is 9.11. The zero-order valence-electron chi connectivity index (χ0n) is 13.6. The second-order valence-corrected chi connectivity index (χ2v) is 6.67. The van der Waals surface area contributed by atoms with Crippen molar-refractivity contribution in [3.63, 3.8) is 0 Å². The summed E-state index contributed by atoms with van der Waals surface area (Å²) in [6.45, 7) is 0. The van der Waals surface area contributed by atoms with Crippen LogP contribution in [0.15, 0.2) is 65.3 Å². The number of halogens is 2. The van der Waals surface area contributed by atoms with Crippen LogP contribution in [0, 0.1) is 10.1 Å². The molecule has 1 heterocycles. The first-order valence-electron chi connectivity index (χ1n) is 7.57. The number of pyridine rings is 1. The van der Waals surface area contributed by atoms with Crippen LogP contribution in [0.25, 0.3) is 0 Å². The number of ether oxygens (including phenoxy) is 1. The van der Waals surface area contributed by atoms with Gasteiger partial charge in [0.1, 0.15) is 11.3 Å². The lowest BCUT2D eigenvalue weighted by molar-refractivity contribution is -0.385. The summed E-state index contributed by atoms with van der Waals surface area (Å²) in [6, 6.07) is 14.3. The van der Waals surface area contributed by atoms with Crippen LogP contribution in [-0.2, 0) is 0 Å². The van der Waals surface area contributed by atoms with E-state index >= 15 is 0 Å². The fourth-order valence-electron chi connectivity index (χ4n) is 2.21. The third kappa shape index (κ3) is 4.81. The molecular weight excluding hydrogens is 438 g/mol. The molecule has 0 aliphatic rings. The van der Waals surface area contributed by atoms with E-state index in [1.807, 2.05) is 12.1 Å². The minimum Gasteiger partial charge on any atom is -0.439 e. The Balaban J connectivity index is 1.73. The van der Waals surface area contributed by atoms with Gasteiger partial charge in [0.25, 0.3) is 11.6 Å². The molecule has 0 spiro atoms. The monoisotopic (exact) mass is 447 g/mol. The first-order valence-corrected chi connectivity index (χ1v) is 8.74. The lowest BCUT2D eigenvalue weighted by Crippen LogP contribution is -2.14. The number of aromatic nitrogens is 1. The molecule has 9 heteroatoms. The number of carbonyl (C=O) groups excluding carboxylic acids is 1. The predicted molar refractivity (Wildman–Crippen MR) is 105 cm³/mol. The molecule has 2 aromatic carbocycles.